The van der Waals surface area contributed by atoms with Crippen molar-refractivity contribution in [2.24, 2.45) is 4.99 Å². The van der Waals surface area contributed by atoms with E-state index >= 15 is 0 Å². The fourth-order valence-corrected chi connectivity index (χ4v) is 4.66. The van der Waals surface area contributed by atoms with Crippen LogP contribution in [0.4, 0.5) is 0 Å². The second-order valence-electron chi connectivity index (χ2n) is 9.65. The van der Waals surface area contributed by atoms with Crippen molar-refractivity contribution in [1.82, 2.24) is 40.1 Å². The maximum absolute atomic E-state index is 13.8. The van der Waals surface area contributed by atoms with Crippen molar-refractivity contribution in [1.29, 1.82) is 0 Å². The summed E-state index contributed by atoms with van der Waals surface area (Å²) >= 11 is 0. The third-order valence-electron chi connectivity index (χ3n) is 6.41. The molecule has 3 heterocycles. The Morgan fingerprint density at radius 1 is 1.21 bits per heavy atom. The van der Waals surface area contributed by atoms with Crippen LogP contribution in [0.25, 0.3) is 23.0 Å². The summed E-state index contributed by atoms with van der Waals surface area (Å²) in [5, 5.41) is 14.2. The summed E-state index contributed by atoms with van der Waals surface area (Å²) in [5.41, 5.74) is 3.16. The van der Waals surface area contributed by atoms with E-state index in [-0.39, 0.29) is 23.9 Å². The zero-order valence-electron chi connectivity index (χ0n) is 24.3. The lowest BCUT2D eigenvalue weighted by atomic mass is 10.0. The van der Waals surface area contributed by atoms with Gasteiger partial charge in [-0.1, -0.05) is 49.8 Å². The molecule has 43 heavy (non-hydrogen) atoms. The van der Waals surface area contributed by atoms with E-state index in [1.807, 2.05) is 42.5 Å². The Balaban J connectivity index is 1.61. The first-order valence-electron chi connectivity index (χ1n) is 13.6. The molecule has 14 heteroatoms. The van der Waals surface area contributed by atoms with Crippen LogP contribution in [0, 0.1) is 6.92 Å². The number of aromatic nitrogens is 8. The molecule has 4 rings (SSSR count). The van der Waals surface area contributed by atoms with Gasteiger partial charge in [-0.3, -0.25) is 9.79 Å². The third-order valence-corrected chi connectivity index (χ3v) is 7.31. The van der Waals surface area contributed by atoms with Gasteiger partial charge in [-0.25, -0.2) is 27.9 Å². The Bertz CT molecular complexity index is 1780. The number of unbranched alkanes of at least 4 members (excludes halogenated alkanes) is 1. The lowest BCUT2D eigenvalue weighted by molar-refractivity contribution is 0.338. The SMILES string of the molecule is C=N/C(=C\C=C\Cc1c(CCCC)nc(C)n(-c2ncc(OCCS(C)(=O)=O)cn2)c1=O)c1ccccc1-c1nn[nH]n1. The summed E-state index contributed by atoms with van der Waals surface area (Å²) in [6.07, 6.45) is 12.3. The van der Waals surface area contributed by atoms with E-state index in [2.05, 4.69) is 49.2 Å². The number of sulfone groups is 1. The molecule has 0 spiro atoms. The maximum atomic E-state index is 13.8. The van der Waals surface area contributed by atoms with Gasteiger partial charge in [-0.05, 0) is 44.2 Å². The van der Waals surface area contributed by atoms with Gasteiger partial charge >= 0.3 is 0 Å². The van der Waals surface area contributed by atoms with E-state index in [9.17, 15) is 13.2 Å². The number of tetrazole rings is 1. The Morgan fingerprint density at radius 3 is 2.65 bits per heavy atom. The van der Waals surface area contributed by atoms with Crippen molar-refractivity contribution < 1.29 is 13.2 Å². The van der Waals surface area contributed by atoms with Gasteiger partial charge in [-0.15, -0.1) is 10.2 Å². The monoisotopic (exact) mass is 603 g/mol. The summed E-state index contributed by atoms with van der Waals surface area (Å²) in [7, 11) is -3.16. The van der Waals surface area contributed by atoms with Gasteiger partial charge in [0.2, 0.25) is 11.8 Å². The van der Waals surface area contributed by atoms with Crippen molar-refractivity contribution in [3.05, 3.63) is 87.9 Å². The molecule has 0 saturated heterocycles. The van der Waals surface area contributed by atoms with Crippen LogP contribution in [-0.4, -0.2) is 73.9 Å². The standard InChI is InChI=1S/C29H33N9O4S/c1-5-6-14-26-24(13-9-10-15-25(30-3)22-11-7-8-12-23(22)27-34-36-37-35-27)28(39)38(20(2)33-26)29-31-18-21(19-32-29)42-16-17-43(4,40)41/h7-12,15,18-19H,3,5-6,13-14,16-17H2,1-2,4H3,(H,34,35,36,37)/b10-9+,25-15-. The van der Waals surface area contributed by atoms with Crippen LogP contribution >= 0.6 is 0 Å². The summed E-state index contributed by atoms with van der Waals surface area (Å²) in [5.74, 6) is 1.22. The number of benzene rings is 1. The Hall–Kier alpha value is -4.85. The summed E-state index contributed by atoms with van der Waals surface area (Å²) < 4.78 is 29.5. The van der Waals surface area contributed by atoms with Gasteiger partial charge in [0.25, 0.3) is 5.56 Å². The molecule has 0 aliphatic rings. The number of H-pyrrole nitrogens is 1. The van der Waals surface area contributed by atoms with E-state index in [1.54, 1.807) is 6.92 Å². The molecular formula is C29H33N9O4S. The summed E-state index contributed by atoms with van der Waals surface area (Å²) in [6, 6.07) is 7.54. The summed E-state index contributed by atoms with van der Waals surface area (Å²) in [4.78, 5) is 31.3. The first-order valence-corrected chi connectivity index (χ1v) is 15.7. The minimum absolute atomic E-state index is 0.0229. The molecule has 13 nitrogen and oxygen atoms in total. The Kier molecular flexibility index (Phi) is 10.4. The molecule has 1 N–H and O–H groups in total. The van der Waals surface area contributed by atoms with Crippen LogP contribution in [0.1, 0.15) is 42.4 Å². The molecular weight excluding hydrogens is 570 g/mol. The van der Waals surface area contributed by atoms with Gasteiger partial charge in [-0.2, -0.15) is 5.21 Å². The smallest absolute Gasteiger partial charge is 0.264 e. The third kappa shape index (κ3) is 8.13. The van der Waals surface area contributed by atoms with Crippen molar-refractivity contribution in [3.8, 4) is 23.1 Å². The molecule has 0 bridgehead atoms. The topological polar surface area (TPSA) is 171 Å². The highest BCUT2D eigenvalue weighted by Gasteiger charge is 2.17. The van der Waals surface area contributed by atoms with E-state index < -0.39 is 9.84 Å². The van der Waals surface area contributed by atoms with E-state index in [4.69, 9.17) is 9.72 Å². The van der Waals surface area contributed by atoms with Crippen molar-refractivity contribution in [2.75, 3.05) is 18.6 Å². The van der Waals surface area contributed by atoms with Gasteiger partial charge in [0.05, 0.1) is 29.5 Å². The predicted molar refractivity (Wildman–Crippen MR) is 164 cm³/mol. The van der Waals surface area contributed by atoms with E-state index in [0.717, 1.165) is 35.9 Å². The number of allylic oxidation sites excluding steroid dienone is 3. The number of nitrogens with zero attached hydrogens (tertiary/aromatic N) is 8. The van der Waals surface area contributed by atoms with Crippen molar-refractivity contribution in [3.63, 3.8) is 0 Å². The molecule has 4 aromatic rings. The van der Waals surface area contributed by atoms with E-state index in [1.165, 1.54) is 17.0 Å². The highest BCUT2D eigenvalue weighted by atomic mass is 32.2. The number of rotatable bonds is 14. The Morgan fingerprint density at radius 2 is 1.98 bits per heavy atom. The first-order chi connectivity index (χ1) is 20.7. The van der Waals surface area contributed by atoms with Crippen LogP contribution in [0.5, 0.6) is 5.75 Å². The molecule has 0 atom stereocenters. The second-order valence-corrected chi connectivity index (χ2v) is 11.9. The zero-order valence-corrected chi connectivity index (χ0v) is 25.1. The second kappa shape index (κ2) is 14.4. The highest BCUT2D eigenvalue weighted by molar-refractivity contribution is 7.90. The molecule has 0 amide bonds. The predicted octanol–water partition coefficient (Wildman–Crippen LogP) is 3.12. The molecule has 0 radical (unpaired) electrons. The van der Waals surface area contributed by atoms with Gasteiger partial charge in [0.15, 0.2) is 15.6 Å². The van der Waals surface area contributed by atoms with Crippen molar-refractivity contribution >= 4 is 22.3 Å². The van der Waals surface area contributed by atoms with Gasteiger partial charge < -0.3 is 4.74 Å². The number of aliphatic imine (C=N–C) groups is 1. The number of ether oxygens (including phenoxy) is 1. The fraction of sp³-hybridized carbons (Fsp3) is 0.310. The van der Waals surface area contributed by atoms with Crippen molar-refractivity contribution in [2.45, 2.75) is 39.5 Å². The summed E-state index contributed by atoms with van der Waals surface area (Å²) in [6.45, 7) is 7.52. The van der Waals surface area contributed by atoms with Crippen LogP contribution < -0.4 is 10.3 Å². The van der Waals surface area contributed by atoms with Gasteiger partial charge in [0, 0.05) is 22.9 Å². The van der Waals surface area contributed by atoms with Crippen LogP contribution in [0.15, 0.2) is 64.7 Å². The van der Waals surface area contributed by atoms with Gasteiger partial charge in [0.1, 0.15) is 12.4 Å². The normalized spacial score (nSPS) is 12.1. The van der Waals surface area contributed by atoms with Crippen LogP contribution in [-0.2, 0) is 22.7 Å². The van der Waals surface area contributed by atoms with E-state index in [0.29, 0.717) is 41.5 Å². The average molecular weight is 604 g/mol. The molecule has 0 saturated carbocycles. The number of hydrogen-bond donors (Lipinski definition) is 1. The van der Waals surface area contributed by atoms with Crippen LogP contribution in [0.2, 0.25) is 0 Å². The molecule has 1 aromatic carbocycles. The molecule has 0 aliphatic carbocycles. The fourth-order valence-electron chi connectivity index (χ4n) is 4.27. The lowest BCUT2D eigenvalue weighted by Gasteiger charge is -2.14. The minimum atomic E-state index is -3.16. The Labute approximate surface area is 249 Å². The molecule has 3 aromatic heterocycles. The molecule has 224 valence electrons. The molecule has 0 fully saturated rings. The average Bonchev–Trinajstić information content (AvgIpc) is 3.52. The number of aryl methyl sites for hydroxylation is 2. The number of aromatic amines is 1. The number of nitrogens with one attached hydrogen (secondary N) is 1. The van der Waals surface area contributed by atoms with Crippen LogP contribution in [0.3, 0.4) is 0 Å². The lowest BCUT2D eigenvalue weighted by Crippen LogP contribution is -2.29. The minimum Gasteiger partial charge on any atom is -0.489 e. The zero-order chi connectivity index (χ0) is 30.8. The molecule has 0 aliphatic heterocycles. The first kappa shape index (κ1) is 31.1. The molecule has 0 unspecified atom stereocenters. The number of hydrogen-bond acceptors (Lipinski definition) is 11. The highest BCUT2D eigenvalue weighted by Crippen LogP contribution is 2.26. The quantitative estimate of drug-likeness (QED) is 0.167. The maximum Gasteiger partial charge on any atom is 0.264 e. The largest absolute Gasteiger partial charge is 0.489 e.